The highest BCUT2D eigenvalue weighted by Gasteiger charge is 2.09. The maximum atomic E-state index is 11.6. The van der Waals surface area contributed by atoms with Crippen molar-refractivity contribution in [2.24, 2.45) is 11.1 Å². The second kappa shape index (κ2) is 5.85. The van der Waals surface area contributed by atoms with Gasteiger partial charge in [-0.3, -0.25) is 10.0 Å². The minimum absolute atomic E-state index is 0.00485. The van der Waals surface area contributed by atoms with E-state index in [1.54, 1.807) is 24.3 Å². The summed E-state index contributed by atoms with van der Waals surface area (Å²) < 4.78 is 0. The Labute approximate surface area is 94.7 Å². The fourth-order valence-electron chi connectivity index (χ4n) is 1.14. The van der Waals surface area contributed by atoms with E-state index < -0.39 is 0 Å². The number of amides is 1. The Bertz CT molecular complexity index is 361. The Morgan fingerprint density at radius 1 is 1.38 bits per heavy atom. The molecule has 1 rings (SSSR count). The first-order valence-corrected chi connectivity index (χ1v) is 5.18. The Morgan fingerprint density at radius 3 is 2.44 bits per heavy atom. The van der Waals surface area contributed by atoms with Crippen LogP contribution < -0.4 is 10.7 Å². The average Bonchev–Trinajstić information content (AvgIpc) is 2.31. The van der Waals surface area contributed by atoms with Crippen LogP contribution >= 0.6 is 0 Å². The number of hydrogen-bond acceptors (Lipinski definition) is 2. The fourth-order valence-corrected chi connectivity index (χ4v) is 1.14. The predicted molar refractivity (Wildman–Crippen MR) is 63.9 cm³/mol. The van der Waals surface area contributed by atoms with Crippen LogP contribution in [-0.2, 0) is 4.79 Å². The first-order chi connectivity index (χ1) is 7.67. The average molecular weight is 219 g/mol. The van der Waals surface area contributed by atoms with Crippen molar-refractivity contribution in [3.8, 4) is 0 Å². The van der Waals surface area contributed by atoms with Crippen LogP contribution in [0.2, 0.25) is 0 Å². The molecule has 1 unspecified atom stereocenters. The van der Waals surface area contributed by atoms with E-state index in [0.29, 0.717) is 5.69 Å². The van der Waals surface area contributed by atoms with Crippen molar-refractivity contribution in [3.63, 3.8) is 0 Å². The van der Waals surface area contributed by atoms with Gasteiger partial charge >= 0.3 is 0 Å². The third kappa shape index (κ3) is 3.34. The van der Waals surface area contributed by atoms with Gasteiger partial charge in [-0.05, 0) is 24.2 Å². The van der Waals surface area contributed by atoms with E-state index in [9.17, 15) is 4.79 Å². The number of carbonyl (C=O) groups excluding carboxylic acids is 1. The van der Waals surface area contributed by atoms with E-state index in [2.05, 4.69) is 16.0 Å². The van der Waals surface area contributed by atoms with Crippen molar-refractivity contribution < 1.29 is 4.79 Å². The van der Waals surface area contributed by atoms with Gasteiger partial charge in [0.1, 0.15) is 0 Å². The number of benzene rings is 1. The molecule has 0 fully saturated rings. The number of nitrogens with one attached hydrogen (secondary N) is 2. The maximum absolute atomic E-state index is 11.6. The summed E-state index contributed by atoms with van der Waals surface area (Å²) in [5.41, 5.74) is 12.1. The summed E-state index contributed by atoms with van der Waals surface area (Å²) in [6.45, 7) is 3.86. The Morgan fingerprint density at radius 2 is 1.94 bits per heavy atom. The molecule has 86 valence electrons. The van der Waals surface area contributed by atoms with E-state index in [1.807, 2.05) is 13.8 Å². The van der Waals surface area contributed by atoms with Crippen LogP contribution in [0.1, 0.15) is 20.3 Å². The van der Waals surface area contributed by atoms with Crippen molar-refractivity contribution in [2.75, 3.05) is 10.7 Å². The molecule has 0 bridgehead atoms. The molecule has 1 amide bonds. The topological polar surface area (TPSA) is 75.8 Å². The number of carbonyl (C=O) groups is 1. The second-order valence-corrected chi connectivity index (χ2v) is 3.59. The van der Waals surface area contributed by atoms with Gasteiger partial charge in [0.15, 0.2) is 0 Å². The highest BCUT2D eigenvalue weighted by atomic mass is 16.1. The van der Waals surface area contributed by atoms with Gasteiger partial charge in [0.05, 0.1) is 0 Å². The van der Waals surface area contributed by atoms with Gasteiger partial charge in [-0.25, -0.2) is 0 Å². The standard InChI is InChI=1S/C11H15N4O/c1-3-8(2)11(16)13-9-4-6-10(7-5-9)14-15-12/h4-8H,3H2,1-2H3,(H2-,12,13,14,15,16)/q-1. The molecule has 0 radical (unpaired) electrons. The largest absolute Gasteiger partial charge is 0.387 e. The van der Waals surface area contributed by atoms with Gasteiger partial charge in [-0.1, -0.05) is 26.0 Å². The molecule has 0 aliphatic carbocycles. The van der Waals surface area contributed by atoms with Crippen LogP contribution in [-0.4, -0.2) is 5.91 Å². The maximum Gasteiger partial charge on any atom is 0.227 e. The van der Waals surface area contributed by atoms with Crippen molar-refractivity contribution in [1.82, 2.24) is 0 Å². The normalized spacial score (nSPS) is 11.6. The fraction of sp³-hybridized carbons (Fsp3) is 0.364. The summed E-state index contributed by atoms with van der Waals surface area (Å²) in [5, 5.41) is 5.60. The smallest absolute Gasteiger partial charge is 0.227 e. The van der Waals surface area contributed by atoms with Crippen LogP contribution in [0.5, 0.6) is 0 Å². The molecule has 1 aromatic carbocycles. The van der Waals surface area contributed by atoms with E-state index in [0.717, 1.165) is 12.1 Å². The molecule has 0 saturated carbocycles. The first-order valence-electron chi connectivity index (χ1n) is 5.18. The molecule has 1 atom stereocenters. The predicted octanol–water partition coefficient (Wildman–Crippen LogP) is 3.02. The lowest BCUT2D eigenvalue weighted by Gasteiger charge is -2.11. The molecule has 5 heteroatoms. The van der Waals surface area contributed by atoms with Crippen LogP contribution in [0.4, 0.5) is 11.4 Å². The van der Waals surface area contributed by atoms with Gasteiger partial charge < -0.3 is 16.3 Å². The van der Waals surface area contributed by atoms with E-state index in [4.69, 9.17) is 5.53 Å². The molecule has 0 aliphatic rings. The van der Waals surface area contributed by atoms with Gasteiger partial charge in [0, 0.05) is 11.6 Å². The molecule has 0 aliphatic heterocycles. The highest BCUT2D eigenvalue weighted by Crippen LogP contribution is 2.14. The summed E-state index contributed by atoms with van der Waals surface area (Å²) in [5.74, 6) is 0.0142. The zero-order valence-electron chi connectivity index (χ0n) is 9.40. The number of nitrogens with zero attached hydrogens (tertiary/aromatic N) is 2. The van der Waals surface area contributed by atoms with Crippen LogP contribution in [0, 0.1) is 5.92 Å². The summed E-state index contributed by atoms with van der Waals surface area (Å²) in [6.07, 6.45) is 0.814. The molecular formula is C11H15N4O-. The number of anilines is 2. The Balaban J connectivity index is 2.61. The molecule has 0 aromatic heterocycles. The summed E-state index contributed by atoms with van der Waals surface area (Å²) >= 11 is 0. The molecule has 5 nitrogen and oxygen atoms in total. The Hall–Kier alpha value is -1.91. The van der Waals surface area contributed by atoms with Crippen molar-refractivity contribution in [1.29, 1.82) is 0 Å². The molecular weight excluding hydrogens is 204 g/mol. The Kier molecular flexibility index (Phi) is 4.44. The van der Waals surface area contributed by atoms with Crippen LogP contribution in [0.25, 0.3) is 5.53 Å². The van der Waals surface area contributed by atoms with E-state index in [-0.39, 0.29) is 11.8 Å². The lowest BCUT2D eigenvalue weighted by molar-refractivity contribution is -0.119. The van der Waals surface area contributed by atoms with Gasteiger partial charge in [-0.2, -0.15) is 0 Å². The number of hydrogen-bond donors (Lipinski definition) is 2. The van der Waals surface area contributed by atoms with Crippen LogP contribution in [0.3, 0.4) is 0 Å². The van der Waals surface area contributed by atoms with Crippen molar-refractivity contribution in [3.05, 3.63) is 29.8 Å². The lowest BCUT2D eigenvalue weighted by Crippen LogP contribution is -2.19. The van der Waals surface area contributed by atoms with Crippen molar-refractivity contribution >= 4 is 17.3 Å². The van der Waals surface area contributed by atoms with E-state index in [1.165, 1.54) is 0 Å². The number of rotatable bonds is 5. The summed E-state index contributed by atoms with van der Waals surface area (Å²) in [7, 11) is 0. The first kappa shape index (κ1) is 12.2. The third-order valence-corrected chi connectivity index (χ3v) is 2.39. The second-order valence-electron chi connectivity index (χ2n) is 3.59. The van der Waals surface area contributed by atoms with Gasteiger partial charge in [-0.15, -0.1) is 0 Å². The van der Waals surface area contributed by atoms with Gasteiger partial charge in [0.25, 0.3) is 0 Å². The third-order valence-electron chi connectivity index (χ3n) is 2.39. The van der Waals surface area contributed by atoms with Gasteiger partial charge in [0.2, 0.25) is 5.91 Å². The SMILES string of the molecule is CCC(C)C(=O)Nc1ccc(NN=[N-])cc1. The minimum Gasteiger partial charge on any atom is -0.387 e. The lowest BCUT2D eigenvalue weighted by atomic mass is 10.1. The molecule has 0 spiro atoms. The zero-order valence-corrected chi connectivity index (χ0v) is 9.40. The molecule has 2 N–H and O–H groups in total. The summed E-state index contributed by atoms with van der Waals surface area (Å²) in [4.78, 5) is 11.6. The monoisotopic (exact) mass is 219 g/mol. The zero-order chi connectivity index (χ0) is 12.0. The molecule has 0 saturated heterocycles. The summed E-state index contributed by atoms with van der Waals surface area (Å²) in [6, 6.07) is 6.92. The highest BCUT2D eigenvalue weighted by molar-refractivity contribution is 5.92. The quantitative estimate of drug-likeness (QED) is 0.590. The molecule has 16 heavy (non-hydrogen) atoms. The van der Waals surface area contributed by atoms with E-state index >= 15 is 0 Å². The van der Waals surface area contributed by atoms with Crippen LogP contribution in [0.15, 0.2) is 29.5 Å². The molecule has 0 heterocycles. The molecule has 1 aromatic rings. The van der Waals surface area contributed by atoms with Crippen molar-refractivity contribution in [2.45, 2.75) is 20.3 Å². The minimum atomic E-state index is 0.00485.